The lowest BCUT2D eigenvalue weighted by Gasteiger charge is -2.03. The molecule has 0 N–H and O–H groups in total. The molecular weight excluding hydrogens is 304 g/mol. The number of carbonyl (C=O) groups excluding carboxylic acids is 1. The molecule has 0 radical (unpaired) electrons. The van der Waals surface area contributed by atoms with E-state index in [-0.39, 0.29) is 0 Å². The second-order valence-electron chi connectivity index (χ2n) is 7.74. The van der Waals surface area contributed by atoms with Gasteiger partial charge in [-0.05, 0) is 31.3 Å². The van der Waals surface area contributed by atoms with E-state index in [1.54, 1.807) is 0 Å². The molecule has 0 saturated carbocycles. The second kappa shape index (κ2) is 21.5. The Bertz CT molecular complexity index is 292. The third-order valence-corrected chi connectivity index (χ3v) is 5.18. The molecule has 0 spiro atoms. The van der Waals surface area contributed by atoms with Gasteiger partial charge in [-0.2, -0.15) is 0 Å². The zero-order chi connectivity index (χ0) is 18.4. The van der Waals surface area contributed by atoms with Crippen molar-refractivity contribution in [1.82, 2.24) is 0 Å². The van der Waals surface area contributed by atoms with E-state index in [0.717, 1.165) is 24.7 Å². The maximum atomic E-state index is 11.2. The Hall–Kier alpha value is -0.590. The summed E-state index contributed by atoms with van der Waals surface area (Å²) in [4.78, 5) is 11.2. The molecule has 1 nitrogen and oxygen atoms in total. The topological polar surface area (TPSA) is 17.1 Å². The summed E-state index contributed by atoms with van der Waals surface area (Å²) in [7, 11) is 0. The van der Waals surface area contributed by atoms with Crippen LogP contribution in [0.5, 0.6) is 0 Å². The highest BCUT2D eigenvalue weighted by Gasteiger charge is 1.97. The van der Waals surface area contributed by atoms with Gasteiger partial charge in [0.15, 0.2) is 0 Å². The average Bonchev–Trinajstić information content (AvgIpc) is 2.63. The maximum absolute atomic E-state index is 11.2. The summed E-state index contributed by atoms with van der Waals surface area (Å²) < 4.78 is 0. The van der Waals surface area contributed by atoms with E-state index < -0.39 is 0 Å². The van der Waals surface area contributed by atoms with Crippen molar-refractivity contribution < 1.29 is 4.79 Å². The highest BCUT2D eigenvalue weighted by molar-refractivity contribution is 5.72. The standard InChI is InChI=1S/C24H46O/c1-3-5-7-9-11-13-14-16-18-20-22-24(23-25)21-19-17-15-12-10-8-6-4-2/h22-23H,3-21H2,1-2H3/b24-22+. The predicted molar refractivity (Wildman–Crippen MR) is 113 cm³/mol. The molecule has 0 unspecified atom stereocenters. The molecule has 0 aromatic carbocycles. The fraction of sp³-hybridized carbons (Fsp3) is 0.875. The van der Waals surface area contributed by atoms with Gasteiger partial charge in [0.2, 0.25) is 0 Å². The molecule has 1 heteroatoms. The van der Waals surface area contributed by atoms with Crippen LogP contribution in [-0.4, -0.2) is 6.29 Å². The summed E-state index contributed by atoms with van der Waals surface area (Å²) in [6.07, 6.45) is 28.4. The third-order valence-electron chi connectivity index (χ3n) is 5.18. The molecule has 0 saturated heterocycles. The van der Waals surface area contributed by atoms with Gasteiger partial charge >= 0.3 is 0 Å². The second-order valence-corrected chi connectivity index (χ2v) is 7.74. The lowest BCUT2D eigenvalue weighted by Crippen LogP contribution is -1.88. The smallest absolute Gasteiger partial charge is 0.145 e. The third kappa shape index (κ3) is 19.6. The van der Waals surface area contributed by atoms with Crippen LogP contribution in [0, 0.1) is 0 Å². The van der Waals surface area contributed by atoms with Gasteiger partial charge in [0, 0.05) is 0 Å². The van der Waals surface area contributed by atoms with Crippen LogP contribution in [0.1, 0.15) is 136 Å². The lowest BCUT2D eigenvalue weighted by atomic mass is 10.0. The van der Waals surface area contributed by atoms with Crippen molar-refractivity contribution in [1.29, 1.82) is 0 Å². The van der Waals surface area contributed by atoms with Crippen molar-refractivity contribution in [3.63, 3.8) is 0 Å². The van der Waals surface area contributed by atoms with Crippen molar-refractivity contribution in [2.75, 3.05) is 0 Å². The van der Waals surface area contributed by atoms with E-state index in [0.29, 0.717) is 0 Å². The predicted octanol–water partition coefficient (Wildman–Crippen LogP) is 8.56. The number of rotatable bonds is 20. The molecule has 0 rings (SSSR count). The van der Waals surface area contributed by atoms with E-state index in [4.69, 9.17) is 0 Å². The Morgan fingerprint density at radius 1 is 0.560 bits per heavy atom. The van der Waals surface area contributed by atoms with Gasteiger partial charge in [0.05, 0.1) is 0 Å². The number of aldehydes is 1. The van der Waals surface area contributed by atoms with Crippen LogP contribution >= 0.6 is 0 Å². The molecule has 25 heavy (non-hydrogen) atoms. The summed E-state index contributed by atoms with van der Waals surface area (Å²) >= 11 is 0. The summed E-state index contributed by atoms with van der Waals surface area (Å²) in [6, 6.07) is 0. The summed E-state index contributed by atoms with van der Waals surface area (Å²) in [5, 5.41) is 0. The molecule has 0 bridgehead atoms. The van der Waals surface area contributed by atoms with Crippen LogP contribution in [0.2, 0.25) is 0 Å². The minimum Gasteiger partial charge on any atom is -0.298 e. The molecule has 0 aliphatic carbocycles. The quantitative estimate of drug-likeness (QED) is 0.122. The van der Waals surface area contributed by atoms with Gasteiger partial charge in [-0.1, -0.05) is 116 Å². The number of unbranched alkanes of at least 4 members (excludes halogenated alkanes) is 16. The Morgan fingerprint density at radius 3 is 1.40 bits per heavy atom. The number of allylic oxidation sites excluding steroid dienone is 2. The van der Waals surface area contributed by atoms with E-state index in [1.807, 2.05) is 0 Å². The van der Waals surface area contributed by atoms with Gasteiger partial charge < -0.3 is 0 Å². The van der Waals surface area contributed by atoms with Crippen LogP contribution in [0.25, 0.3) is 0 Å². The number of hydrogen-bond donors (Lipinski definition) is 0. The highest BCUT2D eigenvalue weighted by atomic mass is 16.1. The molecule has 0 aromatic heterocycles. The Balaban J connectivity index is 3.42. The minimum atomic E-state index is 0.996. The van der Waals surface area contributed by atoms with Crippen molar-refractivity contribution in [3.05, 3.63) is 11.6 Å². The molecule has 0 atom stereocenters. The SMILES string of the molecule is CCCCCCCCCCC/C=C(/C=O)CCCCCCCCCC. The summed E-state index contributed by atoms with van der Waals surface area (Å²) in [5.41, 5.74) is 1.05. The molecule has 0 amide bonds. The first-order valence-electron chi connectivity index (χ1n) is 11.5. The normalized spacial score (nSPS) is 11.8. The zero-order valence-corrected chi connectivity index (χ0v) is 17.5. The van der Waals surface area contributed by atoms with Crippen LogP contribution in [-0.2, 0) is 4.79 Å². The lowest BCUT2D eigenvalue weighted by molar-refractivity contribution is -0.105. The van der Waals surface area contributed by atoms with Crippen LogP contribution < -0.4 is 0 Å². The molecular formula is C24H46O. The molecule has 0 aliphatic rings. The van der Waals surface area contributed by atoms with Gasteiger partial charge in [0.1, 0.15) is 6.29 Å². The van der Waals surface area contributed by atoms with Crippen molar-refractivity contribution in [3.8, 4) is 0 Å². The largest absolute Gasteiger partial charge is 0.298 e. The van der Waals surface area contributed by atoms with E-state index in [2.05, 4.69) is 19.9 Å². The first-order valence-corrected chi connectivity index (χ1v) is 11.5. The van der Waals surface area contributed by atoms with Gasteiger partial charge in [-0.3, -0.25) is 4.79 Å². The number of hydrogen-bond acceptors (Lipinski definition) is 1. The van der Waals surface area contributed by atoms with Gasteiger partial charge in [0.25, 0.3) is 0 Å². The monoisotopic (exact) mass is 350 g/mol. The van der Waals surface area contributed by atoms with Crippen LogP contribution in [0.15, 0.2) is 11.6 Å². The molecule has 0 aromatic rings. The van der Waals surface area contributed by atoms with Crippen LogP contribution in [0.3, 0.4) is 0 Å². The van der Waals surface area contributed by atoms with Gasteiger partial charge in [-0.25, -0.2) is 0 Å². The van der Waals surface area contributed by atoms with E-state index in [9.17, 15) is 4.79 Å². The summed E-state index contributed by atoms with van der Waals surface area (Å²) in [5.74, 6) is 0. The molecule has 0 aliphatic heterocycles. The van der Waals surface area contributed by atoms with Crippen molar-refractivity contribution in [2.45, 2.75) is 136 Å². The first kappa shape index (κ1) is 24.4. The highest BCUT2D eigenvalue weighted by Crippen LogP contribution is 2.14. The average molecular weight is 351 g/mol. The van der Waals surface area contributed by atoms with E-state index in [1.165, 1.54) is 109 Å². The molecule has 0 fully saturated rings. The van der Waals surface area contributed by atoms with Crippen LogP contribution in [0.4, 0.5) is 0 Å². The Kier molecular flexibility index (Phi) is 20.9. The Labute approximate surface area is 159 Å². The van der Waals surface area contributed by atoms with E-state index >= 15 is 0 Å². The summed E-state index contributed by atoms with van der Waals surface area (Å²) in [6.45, 7) is 4.54. The van der Waals surface area contributed by atoms with Crippen molar-refractivity contribution >= 4 is 6.29 Å². The number of carbonyl (C=O) groups is 1. The fourth-order valence-electron chi connectivity index (χ4n) is 3.41. The first-order chi connectivity index (χ1) is 12.3. The molecule has 148 valence electrons. The minimum absolute atomic E-state index is 0.996. The van der Waals surface area contributed by atoms with Crippen molar-refractivity contribution in [2.24, 2.45) is 0 Å². The maximum Gasteiger partial charge on any atom is 0.145 e. The zero-order valence-electron chi connectivity index (χ0n) is 17.5. The Morgan fingerprint density at radius 2 is 0.960 bits per heavy atom. The molecule has 0 heterocycles. The van der Waals surface area contributed by atoms with Gasteiger partial charge in [-0.15, -0.1) is 0 Å². The fourth-order valence-corrected chi connectivity index (χ4v) is 3.41.